The lowest BCUT2D eigenvalue weighted by Gasteiger charge is -2.13. The molecule has 0 heterocycles. The van der Waals surface area contributed by atoms with E-state index >= 15 is 0 Å². The molecule has 1 nitrogen and oxygen atoms in total. The molecule has 0 radical (unpaired) electrons. The maximum atomic E-state index is 13.5. The molecule has 0 saturated heterocycles. The first-order valence-corrected chi connectivity index (χ1v) is 5.76. The number of aryl methyl sites for hydroxylation is 1. The van der Waals surface area contributed by atoms with Crippen molar-refractivity contribution in [3.63, 3.8) is 0 Å². The molecule has 0 aliphatic rings. The standard InChI is InChI=1S/C14H11ClF2O/c1-8-6-9(2-5-12(8)15)14(18)11-4-3-10(16)7-13(11)17/h2-7,14,18H,1H3. The summed E-state index contributed by atoms with van der Waals surface area (Å²) >= 11 is 5.88. The third-order valence-electron chi connectivity index (χ3n) is 2.75. The second-order valence-corrected chi connectivity index (χ2v) is 4.48. The van der Waals surface area contributed by atoms with Crippen LogP contribution in [0.3, 0.4) is 0 Å². The second-order valence-electron chi connectivity index (χ2n) is 4.08. The van der Waals surface area contributed by atoms with Crippen LogP contribution in [0.15, 0.2) is 36.4 Å². The van der Waals surface area contributed by atoms with Crippen LogP contribution >= 0.6 is 11.6 Å². The fourth-order valence-corrected chi connectivity index (χ4v) is 1.86. The van der Waals surface area contributed by atoms with Crippen molar-refractivity contribution in [1.29, 1.82) is 0 Å². The van der Waals surface area contributed by atoms with Crippen molar-refractivity contribution in [1.82, 2.24) is 0 Å². The van der Waals surface area contributed by atoms with Gasteiger partial charge in [0.1, 0.15) is 17.7 Å². The summed E-state index contributed by atoms with van der Waals surface area (Å²) in [6.45, 7) is 1.79. The Morgan fingerprint density at radius 2 is 1.83 bits per heavy atom. The summed E-state index contributed by atoms with van der Waals surface area (Å²) in [6, 6.07) is 8.03. The van der Waals surface area contributed by atoms with Crippen molar-refractivity contribution in [2.24, 2.45) is 0 Å². The molecule has 0 aliphatic heterocycles. The third-order valence-corrected chi connectivity index (χ3v) is 3.18. The molecule has 0 aliphatic carbocycles. The van der Waals surface area contributed by atoms with Crippen molar-refractivity contribution < 1.29 is 13.9 Å². The first-order valence-electron chi connectivity index (χ1n) is 5.38. The molecule has 0 aromatic heterocycles. The minimum Gasteiger partial charge on any atom is -0.384 e. The number of halogens is 3. The summed E-state index contributed by atoms with van der Waals surface area (Å²) in [5, 5.41) is 10.6. The average Bonchev–Trinajstić information content (AvgIpc) is 2.32. The number of hydrogen-bond donors (Lipinski definition) is 1. The summed E-state index contributed by atoms with van der Waals surface area (Å²) < 4.78 is 26.3. The quantitative estimate of drug-likeness (QED) is 0.873. The van der Waals surface area contributed by atoms with E-state index in [0.29, 0.717) is 10.6 Å². The Kier molecular flexibility index (Phi) is 3.64. The lowest BCUT2D eigenvalue weighted by atomic mass is 9.99. The molecule has 0 amide bonds. The third kappa shape index (κ3) is 2.52. The van der Waals surface area contributed by atoms with Crippen LogP contribution < -0.4 is 0 Å². The fraction of sp³-hybridized carbons (Fsp3) is 0.143. The first-order chi connectivity index (χ1) is 8.49. The molecule has 94 valence electrons. The van der Waals surface area contributed by atoms with Gasteiger partial charge in [-0.2, -0.15) is 0 Å². The van der Waals surface area contributed by atoms with Crippen molar-refractivity contribution in [3.05, 3.63) is 69.7 Å². The van der Waals surface area contributed by atoms with Crippen LogP contribution in [0.5, 0.6) is 0 Å². The summed E-state index contributed by atoms with van der Waals surface area (Å²) in [7, 11) is 0. The van der Waals surface area contributed by atoms with E-state index in [0.717, 1.165) is 17.7 Å². The van der Waals surface area contributed by atoms with Crippen LogP contribution in [0.4, 0.5) is 8.78 Å². The van der Waals surface area contributed by atoms with Crippen LogP contribution in [-0.4, -0.2) is 5.11 Å². The Morgan fingerprint density at radius 3 is 2.44 bits per heavy atom. The second kappa shape index (κ2) is 5.04. The van der Waals surface area contributed by atoms with Gasteiger partial charge in [-0.1, -0.05) is 29.8 Å². The molecule has 2 rings (SSSR count). The lowest BCUT2D eigenvalue weighted by molar-refractivity contribution is 0.214. The smallest absolute Gasteiger partial charge is 0.132 e. The van der Waals surface area contributed by atoms with Crippen molar-refractivity contribution in [3.8, 4) is 0 Å². The summed E-state index contributed by atoms with van der Waals surface area (Å²) in [5.41, 5.74) is 1.34. The highest BCUT2D eigenvalue weighted by molar-refractivity contribution is 6.31. The predicted molar refractivity (Wildman–Crippen MR) is 66.6 cm³/mol. The van der Waals surface area contributed by atoms with E-state index in [9.17, 15) is 13.9 Å². The number of aliphatic hydroxyl groups is 1. The topological polar surface area (TPSA) is 20.2 Å². The van der Waals surface area contributed by atoms with Gasteiger partial charge in [-0.15, -0.1) is 0 Å². The Bertz CT molecular complexity index is 584. The molecule has 2 aromatic carbocycles. The first kappa shape index (κ1) is 13.0. The van der Waals surface area contributed by atoms with Crippen LogP contribution in [0.1, 0.15) is 22.8 Å². The largest absolute Gasteiger partial charge is 0.384 e. The van der Waals surface area contributed by atoms with Gasteiger partial charge < -0.3 is 5.11 Å². The van der Waals surface area contributed by atoms with Crippen molar-refractivity contribution in [2.45, 2.75) is 13.0 Å². The molecule has 1 N–H and O–H groups in total. The molecule has 1 atom stereocenters. The summed E-state index contributed by atoms with van der Waals surface area (Å²) in [5.74, 6) is -1.44. The van der Waals surface area contributed by atoms with Gasteiger partial charge in [0.15, 0.2) is 0 Å². The Morgan fingerprint density at radius 1 is 1.11 bits per heavy atom. The maximum absolute atomic E-state index is 13.5. The van der Waals surface area contributed by atoms with Gasteiger partial charge in [-0.05, 0) is 30.2 Å². The summed E-state index contributed by atoms with van der Waals surface area (Å²) in [6.07, 6.45) is -1.14. The van der Waals surface area contributed by atoms with Gasteiger partial charge in [-0.3, -0.25) is 0 Å². The molecule has 2 aromatic rings. The van der Waals surface area contributed by atoms with E-state index in [4.69, 9.17) is 11.6 Å². The monoisotopic (exact) mass is 268 g/mol. The molecule has 0 spiro atoms. The number of rotatable bonds is 2. The number of benzene rings is 2. The maximum Gasteiger partial charge on any atom is 0.132 e. The molecule has 18 heavy (non-hydrogen) atoms. The van der Waals surface area contributed by atoms with Gasteiger partial charge in [0.25, 0.3) is 0 Å². The number of aliphatic hydroxyl groups excluding tert-OH is 1. The van der Waals surface area contributed by atoms with Crippen LogP contribution in [0.25, 0.3) is 0 Å². The van der Waals surface area contributed by atoms with E-state index in [1.165, 1.54) is 6.07 Å². The van der Waals surface area contributed by atoms with Crippen molar-refractivity contribution in [2.75, 3.05) is 0 Å². The SMILES string of the molecule is Cc1cc(C(O)c2ccc(F)cc2F)ccc1Cl. The van der Waals surface area contributed by atoms with Gasteiger partial charge in [0, 0.05) is 16.7 Å². The highest BCUT2D eigenvalue weighted by atomic mass is 35.5. The van der Waals surface area contributed by atoms with Crippen LogP contribution in [0.2, 0.25) is 5.02 Å². The predicted octanol–water partition coefficient (Wildman–Crippen LogP) is 4.01. The van der Waals surface area contributed by atoms with E-state index in [1.807, 2.05) is 0 Å². The van der Waals surface area contributed by atoms with Gasteiger partial charge in [0.2, 0.25) is 0 Å². The molecule has 4 heteroatoms. The Labute approximate surface area is 109 Å². The van der Waals surface area contributed by atoms with Crippen molar-refractivity contribution >= 4 is 11.6 Å². The van der Waals surface area contributed by atoms with Crippen LogP contribution in [0, 0.1) is 18.6 Å². The summed E-state index contributed by atoms with van der Waals surface area (Å²) in [4.78, 5) is 0. The Hall–Kier alpha value is -1.45. The number of hydrogen-bond acceptors (Lipinski definition) is 1. The van der Waals surface area contributed by atoms with Crippen LogP contribution in [-0.2, 0) is 0 Å². The van der Waals surface area contributed by atoms with E-state index < -0.39 is 17.7 Å². The van der Waals surface area contributed by atoms with Gasteiger partial charge >= 0.3 is 0 Å². The average molecular weight is 269 g/mol. The zero-order chi connectivity index (χ0) is 13.3. The molecular weight excluding hydrogens is 258 g/mol. The van der Waals surface area contributed by atoms with E-state index in [1.54, 1.807) is 25.1 Å². The zero-order valence-corrected chi connectivity index (χ0v) is 10.4. The molecule has 1 unspecified atom stereocenters. The van der Waals surface area contributed by atoms with Gasteiger partial charge in [-0.25, -0.2) is 8.78 Å². The molecule has 0 saturated carbocycles. The minimum atomic E-state index is -1.14. The minimum absolute atomic E-state index is 0.0399. The van der Waals surface area contributed by atoms with E-state index in [-0.39, 0.29) is 5.56 Å². The Balaban J connectivity index is 2.41. The highest BCUT2D eigenvalue weighted by Gasteiger charge is 2.16. The molecule has 0 bridgehead atoms. The fourth-order valence-electron chi connectivity index (χ4n) is 1.74. The highest BCUT2D eigenvalue weighted by Crippen LogP contribution is 2.27. The molecule has 0 fully saturated rings. The van der Waals surface area contributed by atoms with E-state index in [2.05, 4.69) is 0 Å². The lowest BCUT2D eigenvalue weighted by Crippen LogP contribution is -2.03. The normalized spacial score (nSPS) is 12.5. The molecular formula is C14H11ClF2O. The van der Waals surface area contributed by atoms with Gasteiger partial charge in [0.05, 0.1) is 0 Å². The zero-order valence-electron chi connectivity index (χ0n) is 9.62.